The molecular weight excluding hydrogens is 276 g/mol. The first-order chi connectivity index (χ1) is 10.1. The highest BCUT2D eigenvalue weighted by molar-refractivity contribution is 5.81. The summed E-state index contributed by atoms with van der Waals surface area (Å²) >= 11 is 0. The summed E-state index contributed by atoms with van der Waals surface area (Å²) in [7, 11) is 0. The molecule has 0 aliphatic rings. The number of carbonyl (C=O) groups excluding carboxylic acids is 1. The minimum atomic E-state index is -0.901. The van der Waals surface area contributed by atoms with Crippen LogP contribution in [0.3, 0.4) is 0 Å². The average molecular weight is 291 g/mol. The molecular formula is C16H15F2NO2. The summed E-state index contributed by atoms with van der Waals surface area (Å²) in [5.74, 6) is -1.77. The normalized spacial score (nSPS) is 11.8. The van der Waals surface area contributed by atoms with Crippen LogP contribution in [0.1, 0.15) is 18.5 Å². The Hall–Kier alpha value is -2.43. The molecule has 0 heterocycles. The molecule has 1 N–H and O–H groups in total. The van der Waals surface area contributed by atoms with Crippen LogP contribution in [0.4, 0.5) is 14.5 Å². The van der Waals surface area contributed by atoms with Crippen LogP contribution in [-0.4, -0.2) is 12.6 Å². The number of hydrogen-bond acceptors (Lipinski definition) is 3. The van der Waals surface area contributed by atoms with Crippen molar-refractivity contribution < 1.29 is 18.3 Å². The van der Waals surface area contributed by atoms with Gasteiger partial charge in [-0.1, -0.05) is 30.3 Å². The van der Waals surface area contributed by atoms with E-state index >= 15 is 0 Å². The SMILES string of the molecule is CCOC(=O)C(Nc1cc(F)ccc1F)c1ccccc1. The third-order valence-electron chi connectivity index (χ3n) is 2.88. The third kappa shape index (κ3) is 3.78. The maximum Gasteiger partial charge on any atom is 0.333 e. The van der Waals surface area contributed by atoms with Crippen LogP contribution >= 0.6 is 0 Å². The molecule has 0 fully saturated rings. The zero-order valence-corrected chi connectivity index (χ0v) is 11.5. The van der Waals surface area contributed by atoms with Crippen LogP contribution in [0, 0.1) is 11.6 Å². The molecule has 0 saturated heterocycles. The fourth-order valence-electron chi connectivity index (χ4n) is 1.91. The lowest BCUT2D eigenvalue weighted by molar-refractivity contribution is -0.144. The Bertz CT molecular complexity index is 617. The van der Waals surface area contributed by atoms with Gasteiger partial charge in [0, 0.05) is 0 Å². The average Bonchev–Trinajstić information content (AvgIpc) is 2.49. The maximum atomic E-state index is 13.7. The van der Waals surface area contributed by atoms with Gasteiger partial charge in [-0.2, -0.15) is 0 Å². The van der Waals surface area contributed by atoms with Crippen LogP contribution in [-0.2, 0) is 9.53 Å². The first-order valence-electron chi connectivity index (χ1n) is 6.55. The van der Waals surface area contributed by atoms with Gasteiger partial charge in [-0.15, -0.1) is 0 Å². The number of ether oxygens (including phenoxy) is 1. The number of rotatable bonds is 5. The summed E-state index contributed by atoms with van der Waals surface area (Å²) < 4.78 is 31.9. The number of carbonyl (C=O) groups is 1. The van der Waals surface area contributed by atoms with E-state index in [9.17, 15) is 13.6 Å². The number of benzene rings is 2. The smallest absolute Gasteiger partial charge is 0.333 e. The van der Waals surface area contributed by atoms with Gasteiger partial charge in [-0.25, -0.2) is 13.6 Å². The number of nitrogens with one attached hydrogen (secondary N) is 1. The van der Waals surface area contributed by atoms with Gasteiger partial charge in [0.15, 0.2) is 6.04 Å². The fourth-order valence-corrected chi connectivity index (χ4v) is 1.91. The Morgan fingerprint density at radius 3 is 2.57 bits per heavy atom. The summed E-state index contributed by atoms with van der Waals surface area (Å²) in [5.41, 5.74) is 0.525. The van der Waals surface area contributed by atoms with Crippen molar-refractivity contribution >= 4 is 11.7 Å². The molecule has 0 spiro atoms. The van der Waals surface area contributed by atoms with Crippen LogP contribution in [0.15, 0.2) is 48.5 Å². The molecule has 2 aromatic rings. The molecule has 0 saturated carbocycles. The van der Waals surface area contributed by atoms with Gasteiger partial charge < -0.3 is 10.1 Å². The monoisotopic (exact) mass is 291 g/mol. The summed E-state index contributed by atoms with van der Waals surface area (Å²) in [6.07, 6.45) is 0. The Morgan fingerprint density at radius 2 is 1.90 bits per heavy atom. The molecule has 3 nitrogen and oxygen atoms in total. The van der Waals surface area contributed by atoms with Crippen molar-refractivity contribution in [2.24, 2.45) is 0 Å². The van der Waals surface area contributed by atoms with Gasteiger partial charge in [0.1, 0.15) is 11.6 Å². The topological polar surface area (TPSA) is 38.3 Å². The van der Waals surface area contributed by atoms with Gasteiger partial charge >= 0.3 is 5.97 Å². The minimum absolute atomic E-state index is 0.0862. The Balaban J connectivity index is 2.32. The lowest BCUT2D eigenvalue weighted by Gasteiger charge is -2.19. The standard InChI is InChI=1S/C16H15F2NO2/c1-2-21-16(20)15(11-6-4-3-5-7-11)19-14-10-12(17)8-9-13(14)18/h3-10,15,19H,2H2,1H3. The minimum Gasteiger partial charge on any atom is -0.464 e. The predicted molar refractivity (Wildman–Crippen MR) is 75.8 cm³/mol. The Kier molecular flexibility index (Phi) is 4.87. The molecule has 0 radical (unpaired) electrons. The van der Waals surface area contributed by atoms with Crippen LogP contribution < -0.4 is 5.32 Å². The van der Waals surface area contributed by atoms with E-state index in [1.807, 2.05) is 0 Å². The van der Waals surface area contributed by atoms with Crippen LogP contribution in [0.2, 0.25) is 0 Å². The fraction of sp³-hybridized carbons (Fsp3) is 0.188. The molecule has 1 atom stereocenters. The van der Waals surface area contributed by atoms with Gasteiger partial charge in [0.2, 0.25) is 0 Å². The van der Waals surface area contributed by atoms with E-state index in [2.05, 4.69) is 5.32 Å². The summed E-state index contributed by atoms with van der Waals surface area (Å²) in [6, 6.07) is 10.9. The van der Waals surface area contributed by atoms with Crippen molar-refractivity contribution in [1.29, 1.82) is 0 Å². The Labute approximate surface area is 121 Å². The van der Waals surface area contributed by atoms with Crippen molar-refractivity contribution in [3.05, 3.63) is 65.7 Å². The maximum absolute atomic E-state index is 13.7. The molecule has 2 rings (SSSR count). The second-order valence-electron chi connectivity index (χ2n) is 4.36. The van der Waals surface area contributed by atoms with Crippen LogP contribution in [0.5, 0.6) is 0 Å². The number of esters is 1. The van der Waals surface area contributed by atoms with Crippen molar-refractivity contribution in [2.45, 2.75) is 13.0 Å². The number of hydrogen-bond donors (Lipinski definition) is 1. The molecule has 0 aromatic heterocycles. The molecule has 2 aromatic carbocycles. The van der Waals surface area contributed by atoms with E-state index in [0.717, 1.165) is 18.2 Å². The van der Waals surface area contributed by atoms with E-state index in [4.69, 9.17) is 4.74 Å². The summed E-state index contributed by atoms with van der Waals surface area (Å²) in [4.78, 5) is 12.0. The van der Waals surface area contributed by atoms with Crippen LogP contribution in [0.25, 0.3) is 0 Å². The van der Waals surface area contributed by atoms with Crippen molar-refractivity contribution in [3.63, 3.8) is 0 Å². The van der Waals surface area contributed by atoms with Gasteiger partial charge in [0.25, 0.3) is 0 Å². The predicted octanol–water partition coefficient (Wildman–Crippen LogP) is 3.68. The zero-order chi connectivity index (χ0) is 15.2. The molecule has 0 amide bonds. The lowest BCUT2D eigenvalue weighted by atomic mass is 10.1. The van der Waals surface area contributed by atoms with Gasteiger partial charge in [-0.05, 0) is 30.7 Å². The van der Waals surface area contributed by atoms with Crippen molar-refractivity contribution in [1.82, 2.24) is 0 Å². The Morgan fingerprint density at radius 1 is 1.19 bits per heavy atom. The first kappa shape index (κ1) is 15.0. The number of halogens is 2. The third-order valence-corrected chi connectivity index (χ3v) is 2.88. The second kappa shape index (κ2) is 6.83. The molecule has 110 valence electrons. The molecule has 21 heavy (non-hydrogen) atoms. The quantitative estimate of drug-likeness (QED) is 0.854. The van der Waals surface area contributed by atoms with E-state index in [0.29, 0.717) is 5.56 Å². The number of anilines is 1. The highest BCUT2D eigenvalue weighted by atomic mass is 19.1. The van der Waals surface area contributed by atoms with Gasteiger partial charge in [-0.3, -0.25) is 0 Å². The second-order valence-corrected chi connectivity index (χ2v) is 4.36. The highest BCUT2D eigenvalue weighted by Crippen LogP contribution is 2.24. The molecule has 0 aliphatic heterocycles. The summed E-state index contributed by atoms with van der Waals surface area (Å²) in [6.45, 7) is 1.89. The van der Waals surface area contributed by atoms with Gasteiger partial charge in [0.05, 0.1) is 12.3 Å². The molecule has 1 unspecified atom stereocenters. The van der Waals surface area contributed by atoms with E-state index in [-0.39, 0.29) is 12.3 Å². The van der Waals surface area contributed by atoms with E-state index in [1.165, 1.54) is 0 Å². The first-order valence-corrected chi connectivity index (χ1v) is 6.55. The molecule has 5 heteroatoms. The molecule has 0 aliphatic carbocycles. The van der Waals surface area contributed by atoms with Crippen molar-refractivity contribution in [2.75, 3.05) is 11.9 Å². The molecule has 0 bridgehead atoms. The van der Waals surface area contributed by atoms with E-state index in [1.54, 1.807) is 37.3 Å². The zero-order valence-electron chi connectivity index (χ0n) is 11.5. The largest absolute Gasteiger partial charge is 0.464 e. The highest BCUT2D eigenvalue weighted by Gasteiger charge is 2.23. The van der Waals surface area contributed by atoms with Crippen molar-refractivity contribution in [3.8, 4) is 0 Å². The summed E-state index contributed by atoms with van der Waals surface area (Å²) in [5, 5.41) is 2.70. The van der Waals surface area contributed by atoms with E-state index < -0.39 is 23.6 Å². The lowest BCUT2D eigenvalue weighted by Crippen LogP contribution is -2.23.